The summed E-state index contributed by atoms with van der Waals surface area (Å²) < 4.78 is 11.3. The van der Waals surface area contributed by atoms with E-state index in [2.05, 4.69) is 20.5 Å². The number of morpholine rings is 1. The molecule has 1 unspecified atom stereocenters. The van der Waals surface area contributed by atoms with E-state index in [0.717, 1.165) is 11.3 Å². The van der Waals surface area contributed by atoms with Crippen LogP contribution < -0.4 is 5.32 Å². The molecule has 1 fully saturated rings. The Labute approximate surface area is 146 Å². The minimum Gasteiger partial charge on any atom is -0.422 e. The smallest absolute Gasteiger partial charge is 0.323 e. The Kier molecular flexibility index (Phi) is 4.98. The quantitative estimate of drug-likeness (QED) is 0.919. The molecule has 0 saturated carbocycles. The van der Waals surface area contributed by atoms with Gasteiger partial charge in [0, 0.05) is 18.2 Å². The van der Waals surface area contributed by atoms with Crippen LogP contribution in [-0.4, -0.2) is 45.8 Å². The van der Waals surface area contributed by atoms with Crippen LogP contribution in [-0.2, 0) is 4.74 Å². The Morgan fingerprint density at radius 2 is 2.12 bits per heavy atom. The summed E-state index contributed by atoms with van der Waals surface area (Å²) in [6.07, 6.45) is -0.410. The summed E-state index contributed by atoms with van der Waals surface area (Å²) in [7, 11) is 0. The monoisotopic (exact) mass is 345 g/mol. The highest BCUT2D eigenvalue weighted by Crippen LogP contribution is 2.23. The van der Waals surface area contributed by atoms with Crippen molar-refractivity contribution in [3.63, 3.8) is 0 Å². The molecule has 3 heterocycles. The Morgan fingerprint density at radius 3 is 2.80 bits per heavy atom. The van der Waals surface area contributed by atoms with Crippen molar-refractivity contribution in [3.8, 4) is 0 Å². The fraction of sp³-hybridized carbons (Fsp3) is 0.529. The molecule has 0 aromatic carbocycles. The fourth-order valence-electron chi connectivity index (χ4n) is 2.69. The maximum Gasteiger partial charge on any atom is 0.323 e. The second-order valence-electron chi connectivity index (χ2n) is 6.54. The minimum absolute atomic E-state index is 0.153. The van der Waals surface area contributed by atoms with Gasteiger partial charge < -0.3 is 14.1 Å². The number of amides is 2. The van der Waals surface area contributed by atoms with E-state index in [4.69, 9.17) is 9.15 Å². The normalized spacial score (nSPS) is 17.8. The van der Waals surface area contributed by atoms with Crippen molar-refractivity contribution in [2.45, 2.75) is 39.7 Å². The molecule has 2 aromatic heterocycles. The molecule has 8 nitrogen and oxygen atoms in total. The molecule has 0 spiro atoms. The third-order valence-electron chi connectivity index (χ3n) is 3.91. The van der Waals surface area contributed by atoms with Gasteiger partial charge in [0.25, 0.3) is 0 Å². The van der Waals surface area contributed by atoms with Crippen molar-refractivity contribution < 1.29 is 13.9 Å². The fourth-order valence-corrected chi connectivity index (χ4v) is 2.69. The molecule has 0 radical (unpaired) electrons. The summed E-state index contributed by atoms with van der Waals surface area (Å²) in [4.78, 5) is 18.5. The molecule has 2 aromatic rings. The summed E-state index contributed by atoms with van der Waals surface area (Å²) >= 11 is 0. The SMILES string of the molecule is Cc1cc(C)nc(NC(=O)N2CCOC(c3nnc(C(C)C)o3)C2)c1. The Hall–Kier alpha value is -2.48. The number of nitrogens with zero attached hydrogens (tertiary/aromatic N) is 4. The Bertz CT molecular complexity index is 738. The third kappa shape index (κ3) is 4.14. The molecule has 1 saturated heterocycles. The van der Waals surface area contributed by atoms with Crippen molar-refractivity contribution in [2.24, 2.45) is 0 Å². The van der Waals surface area contributed by atoms with Crippen LogP contribution in [0.5, 0.6) is 0 Å². The van der Waals surface area contributed by atoms with E-state index in [9.17, 15) is 4.79 Å². The van der Waals surface area contributed by atoms with Crippen LogP contribution in [0.3, 0.4) is 0 Å². The van der Waals surface area contributed by atoms with Gasteiger partial charge in [-0.05, 0) is 31.5 Å². The maximum absolute atomic E-state index is 12.5. The molecular formula is C17H23N5O3. The second-order valence-corrected chi connectivity index (χ2v) is 6.54. The minimum atomic E-state index is -0.410. The largest absolute Gasteiger partial charge is 0.422 e. The second kappa shape index (κ2) is 7.18. The highest BCUT2D eigenvalue weighted by Gasteiger charge is 2.29. The summed E-state index contributed by atoms with van der Waals surface area (Å²) in [5.41, 5.74) is 1.91. The van der Waals surface area contributed by atoms with Crippen LogP contribution in [0.1, 0.15) is 48.9 Å². The van der Waals surface area contributed by atoms with Crippen molar-refractivity contribution in [1.82, 2.24) is 20.1 Å². The zero-order chi connectivity index (χ0) is 18.0. The van der Waals surface area contributed by atoms with Gasteiger partial charge in [0.2, 0.25) is 11.8 Å². The first-order valence-corrected chi connectivity index (χ1v) is 8.38. The molecule has 25 heavy (non-hydrogen) atoms. The number of ether oxygens (including phenoxy) is 1. The summed E-state index contributed by atoms with van der Waals surface area (Å²) in [5, 5.41) is 10.9. The number of hydrogen-bond acceptors (Lipinski definition) is 6. The predicted molar refractivity (Wildman–Crippen MR) is 91.4 cm³/mol. The third-order valence-corrected chi connectivity index (χ3v) is 3.91. The number of anilines is 1. The molecule has 1 N–H and O–H groups in total. The zero-order valence-electron chi connectivity index (χ0n) is 14.9. The van der Waals surface area contributed by atoms with Gasteiger partial charge in [0.05, 0.1) is 13.2 Å². The van der Waals surface area contributed by atoms with E-state index >= 15 is 0 Å². The van der Waals surface area contributed by atoms with Crippen molar-refractivity contribution >= 4 is 11.8 Å². The van der Waals surface area contributed by atoms with Gasteiger partial charge in [0.15, 0.2) is 6.10 Å². The molecule has 0 aliphatic carbocycles. The van der Waals surface area contributed by atoms with Crippen LogP contribution in [0.2, 0.25) is 0 Å². The van der Waals surface area contributed by atoms with E-state index in [1.165, 1.54) is 0 Å². The molecule has 1 aliphatic rings. The summed E-state index contributed by atoms with van der Waals surface area (Å²) in [6, 6.07) is 3.59. The molecule has 8 heteroatoms. The standard InChI is InChI=1S/C17H23N5O3/c1-10(2)15-20-21-16(25-15)13-9-22(5-6-24-13)17(23)19-14-8-11(3)7-12(4)18-14/h7-8,10,13H,5-6,9H2,1-4H3,(H,18,19,23). The van der Waals surface area contributed by atoms with Crippen LogP contribution >= 0.6 is 0 Å². The van der Waals surface area contributed by atoms with Crippen LogP contribution in [0, 0.1) is 13.8 Å². The van der Waals surface area contributed by atoms with Crippen LogP contribution in [0.4, 0.5) is 10.6 Å². The lowest BCUT2D eigenvalue weighted by Gasteiger charge is -2.31. The van der Waals surface area contributed by atoms with Gasteiger partial charge in [0.1, 0.15) is 5.82 Å². The predicted octanol–water partition coefficient (Wildman–Crippen LogP) is 2.81. The van der Waals surface area contributed by atoms with Crippen molar-refractivity contribution in [1.29, 1.82) is 0 Å². The van der Waals surface area contributed by atoms with Crippen molar-refractivity contribution in [3.05, 3.63) is 35.2 Å². The highest BCUT2D eigenvalue weighted by atomic mass is 16.5. The van der Waals surface area contributed by atoms with Crippen molar-refractivity contribution in [2.75, 3.05) is 25.0 Å². The number of carbonyl (C=O) groups excluding carboxylic acids is 1. The van der Waals surface area contributed by atoms with Crippen LogP contribution in [0.25, 0.3) is 0 Å². The average molecular weight is 345 g/mol. The first-order valence-electron chi connectivity index (χ1n) is 8.38. The van der Waals surface area contributed by atoms with Gasteiger partial charge >= 0.3 is 6.03 Å². The Morgan fingerprint density at radius 1 is 1.32 bits per heavy atom. The first-order chi connectivity index (χ1) is 11.9. The zero-order valence-corrected chi connectivity index (χ0v) is 14.9. The van der Waals surface area contributed by atoms with Gasteiger partial charge in [-0.25, -0.2) is 9.78 Å². The Balaban J connectivity index is 1.66. The number of carbonyl (C=O) groups is 1. The van der Waals surface area contributed by atoms with E-state index in [0.29, 0.717) is 37.3 Å². The van der Waals surface area contributed by atoms with Gasteiger partial charge in [-0.15, -0.1) is 10.2 Å². The lowest BCUT2D eigenvalue weighted by atomic mass is 10.2. The number of aryl methyl sites for hydroxylation is 2. The first kappa shape index (κ1) is 17.3. The number of pyridine rings is 1. The number of nitrogens with one attached hydrogen (secondary N) is 1. The average Bonchev–Trinajstić information content (AvgIpc) is 3.04. The van der Waals surface area contributed by atoms with Gasteiger partial charge in [-0.1, -0.05) is 13.8 Å². The van der Waals surface area contributed by atoms with E-state index < -0.39 is 6.10 Å². The topological polar surface area (TPSA) is 93.4 Å². The number of hydrogen-bond donors (Lipinski definition) is 1. The molecule has 3 rings (SSSR count). The number of rotatable bonds is 3. The maximum atomic E-state index is 12.5. The number of urea groups is 1. The molecule has 1 atom stereocenters. The highest BCUT2D eigenvalue weighted by molar-refractivity contribution is 5.88. The lowest BCUT2D eigenvalue weighted by molar-refractivity contribution is -0.0276. The summed E-state index contributed by atoms with van der Waals surface area (Å²) in [6.45, 7) is 9.10. The van der Waals surface area contributed by atoms with E-state index in [1.807, 2.05) is 39.8 Å². The molecule has 1 aliphatic heterocycles. The molecule has 2 amide bonds. The lowest BCUT2D eigenvalue weighted by Crippen LogP contribution is -2.44. The van der Waals surface area contributed by atoms with Crippen LogP contribution in [0.15, 0.2) is 16.5 Å². The number of aromatic nitrogens is 3. The van der Waals surface area contributed by atoms with Gasteiger partial charge in [-0.2, -0.15) is 0 Å². The van der Waals surface area contributed by atoms with Gasteiger partial charge in [-0.3, -0.25) is 5.32 Å². The molecule has 134 valence electrons. The van der Waals surface area contributed by atoms with E-state index in [1.54, 1.807) is 4.90 Å². The molecular weight excluding hydrogens is 322 g/mol. The summed E-state index contributed by atoms with van der Waals surface area (Å²) in [5.74, 6) is 1.68. The van der Waals surface area contributed by atoms with E-state index in [-0.39, 0.29) is 11.9 Å². The molecule has 0 bridgehead atoms.